The predicted octanol–water partition coefficient (Wildman–Crippen LogP) is 3.78. The van der Waals surface area contributed by atoms with Crippen LogP contribution in [0.25, 0.3) is 27.9 Å². The maximum atomic E-state index is 13.8. The number of halogens is 3. The highest BCUT2D eigenvalue weighted by Crippen LogP contribution is 2.43. The quantitative estimate of drug-likeness (QED) is 0.542. The van der Waals surface area contributed by atoms with Gasteiger partial charge in [0, 0.05) is 29.3 Å². The summed E-state index contributed by atoms with van der Waals surface area (Å²) in [5, 5.41) is 8.26. The van der Waals surface area contributed by atoms with Gasteiger partial charge in [-0.05, 0) is 25.0 Å². The molecule has 4 aromatic rings. The summed E-state index contributed by atoms with van der Waals surface area (Å²) in [6, 6.07) is 3.63. The number of aromatic nitrogens is 6. The summed E-state index contributed by atoms with van der Waals surface area (Å²) in [6.07, 6.45) is 6.02. The van der Waals surface area contributed by atoms with Gasteiger partial charge in [-0.1, -0.05) is 11.6 Å². The van der Waals surface area contributed by atoms with Crippen LogP contribution in [0.4, 0.5) is 14.7 Å². The van der Waals surface area contributed by atoms with E-state index in [9.17, 15) is 8.78 Å². The number of alkyl halides is 2. The lowest BCUT2D eigenvalue weighted by Crippen LogP contribution is -2.29. The largest absolute Gasteiger partial charge is 0.348 e. The third-order valence-electron chi connectivity index (χ3n) is 4.69. The summed E-state index contributed by atoms with van der Waals surface area (Å²) in [6.45, 7) is -0.464. The van der Waals surface area contributed by atoms with E-state index in [0.29, 0.717) is 35.0 Å². The highest BCUT2D eigenvalue weighted by Gasteiger charge is 2.46. The van der Waals surface area contributed by atoms with Crippen LogP contribution in [0.5, 0.6) is 0 Å². The summed E-state index contributed by atoms with van der Waals surface area (Å²) in [5.41, 5.74) is 2.63. The Kier molecular flexibility index (Phi) is 3.55. The van der Waals surface area contributed by atoms with Crippen LogP contribution >= 0.6 is 11.6 Å². The van der Waals surface area contributed by atoms with Gasteiger partial charge in [0.2, 0.25) is 5.95 Å². The van der Waals surface area contributed by atoms with Crippen molar-refractivity contribution in [2.45, 2.75) is 18.8 Å². The number of hydrogen-bond donors (Lipinski definition) is 2. The molecule has 0 bridgehead atoms. The minimum absolute atomic E-state index is 0.164. The molecule has 138 valence electrons. The first-order valence-electron chi connectivity index (χ1n) is 8.48. The molecule has 10 heteroatoms. The van der Waals surface area contributed by atoms with Crippen molar-refractivity contribution in [3.63, 3.8) is 0 Å². The van der Waals surface area contributed by atoms with Crippen molar-refractivity contribution in [2.24, 2.45) is 5.92 Å². The molecule has 27 heavy (non-hydrogen) atoms. The highest BCUT2D eigenvalue weighted by molar-refractivity contribution is 6.29. The molecule has 0 atom stereocenters. The predicted molar refractivity (Wildman–Crippen MR) is 97.0 cm³/mol. The molecule has 4 heterocycles. The molecular weight excluding hydrogens is 376 g/mol. The second-order valence-corrected chi connectivity index (χ2v) is 7.00. The Morgan fingerprint density at radius 2 is 2.11 bits per heavy atom. The zero-order valence-electron chi connectivity index (χ0n) is 14.0. The van der Waals surface area contributed by atoms with Gasteiger partial charge in [-0.25, -0.2) is 23.3 Å². The van der Waals surface area contributed by atoms with E-state index < -0.39 is 18.4 Å². The lowest BCUT2D eigenvalue weighted by Gasteiger charge is -2.15. The van der Waals surface area contributed by atoms with Gasteiger partial charge in [0.25, 0.3) is 5.92 Å². The molecule has 0 aromatic carbocycles. The molecular formula is C17H14ClF2N7. The first-order valence-corrected chi connectivity index (χ1v) is 8.85. The van der Waals surface area contributed by atoms with Crippen LogP contribution in [0.2, 0.25) is 5.15 Å². The molecule has 1 saturated carbocycles. The summed E-state index contributed by atoms with van der Waals surface area (Å²) < 4.78 is 29.2. The molecule has 0 aliphatic heterocycles. The second kappa shape index (κ2) is 5.85. The maximum absolute atomic E-state index is 13.8. The lowest BCUT2D eigenvalue weighted by molar-refractivity contribution is -0.00831. The van der Waals surface area contributed by atoms with Crippen molar-refractivity contribution in [1.29, 1.82) is 0 Å². The minimum atomic E-state index is -2.73. The fourth-order valence-electron chi connectivity index (χ4n) is 3.04. The molecule has 0 amide bonds. The number of aromatic amines is 1. The molecule has 2 N–H and O–H groups in total. The smallest absolute Gasteiger partial charge is 0.267 e. The molecule has 1 aliphatic carbocycles. The number of nitrogens with zero attached hydrogens (tertiary/aromatic N) is 5. The topological polar surface area (TPSA) is 83.8 Å². The summed E-state index contributed by atoms with van der Waals surface area (Å²) in [5.74, 6) is -3.10. The molecule has 4 aromatic heterocycles. The summed E-state index contributed by atoms with van der Waals surface area (Å²) >= 11 is 6.08. The summed E-state index contributed by atoms with van der Waals surface area (Å²) in [7, 11) is 0. The Bertz CT molecular complexity index is 1150. The Labute approximate surface area is 156 Å². The molecule has 1 fully saturated rings. The van der Waals surface area contributed by atoms with Gasteiger partial charge in [0.05, 0.1) is 18.4 Å². The van der Waals surface area contributed by atoms with Crippen molar-refractivity contribution >= 4 is 34.2 Å². The van der Waals surface area contributed by atoms with Gasteiger partial charge in [-0.2, -0.15) is 10.1 Å². The normalized spacial score (nSPS) is 14.9. The average molecular weight is 390 g/mol. The van der Waals surface area contributed by atoms with E-state index in [4.69, 9.17) is 11.6 Å². The van der Waals surface area contributed by atoms with E-state index in [-0.39, 0.29) is 5.95 Å². The van der Waals surface area contributed by atoms with E-state index in [1.807, 2.05) is 12.1 Å². The zero-order valence-corrected chi connectivity index (χ0v) is 14.7. The first-order chi connectivity index (χ1) is 13.0. The number of nitrogens with one attached hydrogen (secondary N) is 2. The molecule has 0 spiro atoms. The van der Waals surface area contributed by atoms with Crippen molar-refractivity contribution in [2.75, 3.05) is 11.9 Å². The number of H-pyrrole nitrogens is 1. The highest BCUT2D eigenvalue weighted by atomic mass is 35.5. The van der Waals surface area contributed by atoms with E-state index in [2.05, 4.69) is 30.4 Å². The van der Waals surface area contributed by atoms with Gasteiger partial charge < -0.3 is 10.3 Å². The number of hydrogen-bond acceptors (Lipinski definition) is 5. The van der Waals surface area contributed by atoms with E-state index in [1.54, 1.807) is 12.4 Å². The van der Waals surface area contributed by atoms with Gasteiger partial charge in [0.1, 0.15) is 5.65 Å². The molecule has 0 unspecified atom stereocenters. The van der Waals surface area contributed by atoms with Gasteiger partial charge in [-0.15, -0.1) is 0 Å². The van der Waals surface area contributed by atoms with Crippen molar-refractivity contribution in [1.82, 2.24) is 29.5 Å². The first kappa shape index (κ1) is 16.4. The fourth-order valence-corrected chi connectivity index (χ4v) is 3.21. The fraction of sp³-hybridized carbons (Fsp3) is 0.294. The monoisotopic (exact) mass is 389 g/mol. The third kappa shape index (κ3) is 2.87. The molecule has 0 radical (unpaired) electrons. The number of rotatable bonds is 5. The maximum Gasteiger partial charge on any atom is 0.267 e. The Morgan fingerprint density at radius 1 is 1.26 bits per heavy atom. The molecule has 5 rings (SSSR count). The van der Waals surface area contributed by atoms with Crippen molar-refractivity contribution < 1.29 is 8.78 Å². The Morgan fingerprint density at radius 3 is 2.93 bits per heavy atom. The zero-order chi connectivity index (χ0) is 18.6. The molecule has 0 saturated heterocycles. The average Bonchev–Trinajstić information content (AvgIpc) is 3.36. The van der Waals surface area contributed by atoms with Crippen LogP contribution in [0.3, 0.4) is 0 Å². The van der Waals surface area contributed by atoms with Crippen LogP contribution in [0, 0.1) is 5.92 Å². The van der Waals surface area contributed by atoms with Crippen LogP contribution in [0.1, 0.15) is 12.8 Å². The van der Waals surface area contributed by atoms with Crippen molar-refractivity contribution in [3.05, 3.63) is 35.9 Å². The van der Waals surface area contributed by atoms with Gasteiger partial charge >= 0.3 is 0 Å². The van der Waals surface area contributed by atoms with Crippen LogP contribution in [-0.4, -0.2) is 42.0 Å². The number of anilines is 1. The molecule has 1 aliphatic rings. The SMILES string of the molecule is FC(F)(CNc1ncc2c(-c3ccc4ncc(Cl)n4n3)c[nH]c2n1)C1CC1. The van der Waals surface area contributed by atoms with Gasteiger partial charge in [-0.3, -0.25) is 0 Å². The van der Waals surface area contributed by atoms with E-state index >= 15 is 0 Å². The van der Waals surface area contributed by atoms with E-state index in [0.717, 1.165) is 10.9 Å². The van der Waals surface area contributed by atoms with Crippen molar-refractivity contribution in [3.8, 4) is 11.3 Å². The summed E-state index contributed by atoms with van der Waals surface area (Å²) in [4.78, 5) is 15.6. The Balaban J connectivity index is 1.45. The second-order valence-electron chi connectivity index (χ2n) is 6.62. The number of imidazole rings is 1. The molecule has 7 nitrogen and oxygen atoms in total. The van der Waals surface area contributed by atoms with Crippen LogP contribution < -0.4 is 5.32 Å². The van der Waals surface area contributed by atoms with Crippen LogP contribution in [0.15, 0.2) is 30.7 Å². The standard InChI is InChI=1S/C17H14ClF2N7/c18-13-7-21-14-4-3-12(26-27(13)14)10-5-22-15-11(10)6-23-16(25-15)24-8-17(19,20)9-1-2-9/h3-7,9H,1-2,8H2,(H2,22,23,24,25). The minimum Gasteiger partial charge on any atom is -0.348 e. The van der Waals surface area contributed by atoms with Crippen LogP contribution in [-0.2, 0) is 0 Å². The van der Waals surface area contributed by atoms with E-state index in [1.165, 1.54) is 10.7 Å². The lowest BCUT2D eigenvalue weighted by atomic mass is 10.2. The Hall–Kier alpha value is -2.81. The van der Waals surface area contributed by atoms with Gasteiger partial charge in [0.15, 0.2) is 10.8 Å². The third-order valence-corrected chi connectivity index (χ3v) is 4.94. The number of fused-ring (bicyclic) bond motifs is 2.